The van der Waals surface area contributed by atoms with Crippen LogP contribution in [0.4, 0.5) is 4.39 Å². The Bertz CT molecular complexity index is 487. The van der Waals surface area contributed by atoms with E-state index in [1.54, 1.807) is 16.7 Å². The first-order valence-corrected chi connectivity index (χ1v) is 4.42. The molecule has 2 nitrogen and oxygen atoms in total. The summed E-state index contributed by atoms with van der Waals surface area (Å²) < 4.78 is 15.1. The number of rotatable bonds is 2. The summed E-state index contributed by atoms with van der Waals surface area (Å²) in [4.78, 5) is 10.4. The van der Waals surface area contributed by atoms with E-state index in [0.717, 1.165) is 17.5 Å². The minimum absolute atomic E-state index is 0.241. The number of carbonyl (C=O) groups excluding carboxylic acids is 1. The fourth-order valence-electron chi connectivity index (χ4n) is 1.70. The van der Waals surface area contributed by atoms with Crippen molar-refractivity contribution >= 4 is 17.2 Å². The molecule has 0 spiro atoms. The number of fused-ring (bicyclic) bond motifs is 1. The summed E-state index contributed by atoms with van der Waals surface area (Å²) in [5, 5.41) is 0.576. The van der Waals surface area contributed by atoms with Crippen LogP contribution in [0.5, 0.6) is 0 Å². The fourth-order valence-corrected chi connectivity index (χ4v) is 1.70. The molecule has 0 unspecified atom stereocenters. The van der Waals surface area contributed by atoms with Gasteiger partial charge in [0.15, 0.2) is 0 Å². The summed E-state index contributed by atoms with van der Waals surface area (Å²) in [5.74, 6) is -0.241. The van der Waals surface area contributed by atoms with Gasteiger partial charge in [-0.05, 0) is 25.1 Å². The lowest BCUT2D eigenvalue weighted by Gasteiger charge is -2.02. The first-order valence-electron chi connectivity index (χ1n) is 4.42. The summed E-state index contributed by atoms with van der Waals surface area (Å²) in [7, 11) is 0. The second kappa shape index (κ2) is 3.25. The van der Waals surface area contributed by atoms with E-state index < -0.39 is 0 Å². The lowest BCUT2D eigenvalue weighted by molar-refractivity contribution is -0.108. The van der Waals surface area contributed by atoms with Crippen molar-refractivity contribution in [2.45, 2.75) is 13.5 Å². The number of nitrogens with zero attached hydrogens (tertiary/aromatic N) is 1. The molecule has 0 aliphatic carbocycles. The Morgan fingerprint density at radius 1 is 1.50 bits per heavy atom. The molecule has 3 heteroatoms. The number of benzene rings is 1. The quantitative estimate of drug-likeness (QED) is 0.667. The highest BCUT2D eigenvalue weighted by atomic mass is 19.1. The summed E-state index contributed by atoms with van der Waals surface area (Å²) in [6, 6.07) is 6.65. The maximum atomic E-state index is 13.3. The van der Waals surface area contributed by atoms with Crippen molar-refractivity contribution in [3.8, 4) is 0 Å². The van der Waals surface area contributed by atoms with Gasteiger partial charge in [0.25, 0.3) is 0 Å². The van der Waals surface area contributed by atoms with E-state index in [1.165, 1.54) is 6.07 Å². The summed E-state index contributed by atoms with van der Waals surface area (Å²) >= 11 is 0. The molecule has 1 aromatic carbocycles. The van der Waals surface area contributed by atoms with Gasteiger partial charge < -0.3 is 9.36 Å². The van der Waals surface area contributed by atoms with E-state index in [2.05, 4.69) is 0 Å². The molecule has 0 amide bonds. The van der Waals surface area contributed by atoms with E-state index in [1.807, 2.05) is 13.0 Å². The Balaban J connectivity index is 2.76. The largest absolute Gasteiger partial charge is 0.338 e. The van der Waals surface area contributed by atoms with Gasteiger partial charge >= 0.3 is 0 Å². The summed E-state index contributed by atoms with van der Waals surface area (Å²) in [5.41, 5.74) is 1.67. The molecule has 0 saturated heterocycles. The van der Waals surface area contributed by atoms with Crippen molar-refractivity contribution < 1.29 is 9.18 Å². The Labute approximate surface area is 81.0 Å². The molecular weight excluding hydrogens is 181 g/mol. The average Bonchev–Trinajstić information content (AvgIpc) is 2.47. The summed E-state index contributed by atoms with van der Waals surface area (Å²) in [6.45, 7) is 2.14. The Morgan fingerprint density at radius 3 is 3.00 bits per heavy atom. The zero-order valence-electron chi connectivity index (χ0n) is 7.83. The lowest BCUT2D eigenvalue weighted by atomic mass is 10.2. The van der Waals surface area contributed by atoms with Crippen LogP contribution in [0.25, 0.3) is 10.9 Å². The monoisotopic (exact) mass is 191 g/mol. The number of halogens is 1. The third kappa shape index (κ3) is 1.21. The van der Waals surface area contributed by atoms with Crippen LogP contribution < -0.4 is 0 Å². The van der Waals surface area contributed by atoms with Crippen molar-refractivity contribution in [3.63, 3.8) is 0 Å². The second-order valence-electron chi connectivity index (χ2n) is 3.24. The highest BCUT2D eigenvalue weighted by Crippen LogP contribution is 2.21. The number of hydrogen-bond donors (Lipinski definition) is 0. The number of hydrogen-bond acceptors (Lipinski definition) is 1. The van der Waals surface area contributed by atoms with E-state index in [9.17, 15) is 9.18 Å². The normalized spacial score (nSPS) is 10.7. The summed E-state index contributed by atoms with van der Waals surface area (Å²) in [6.07, 6.45) is 0.817. The molecule has 0 saturated carbocycles. The number of carbonyl (C=O) groups is 1. The Hall–Kier alpha value is -1.64. The lowest BCUT2D eigenvalue weighted by Crippen LogP contribution is -2.00. The molecule has 1 heterocycles. The van der Waals surface area contributed by atoms with Crippen LogP contribution in [-0.4, -0.2) is 10.9 Å². The standard InChI is InChI=1S/C11H10FNO/c1-8-7-9-10(12)3-2-4-11(9)13(8)5-6-14/h2-4,6-7H,5H2,1H3. The predicted octanol–water partition coefficient (Wildman–Crippen LogP) is 2.29. The number of aromatic nitrogens is 1. The van der Waals surface area contributed by atoms with Gasteiger partial charge in [-0.1, -0.05) is 6.07 Å². The third-order valence-corrected chi connectivity index (χ3v) is 2.36. The predicted molar refractivity (Wildman–Crippen MR) is 52.7 cm³/mol. The molecule has 0 radical (unpaired) electrons. The molecule has 0 N–H and O–H groups in total. The molecule has 0 fully saturated rings. The van der Waals surface area contributed by atoms with Crippen LogP contribution >= 0.6 is 0 Å². The molecule has 2 rings (SSSR count). The highest BCUT2D eigenvalue weighted by molar-refractivity contribution is 5.82. The van der Waals surface area contributed by atoms with Gasteiger partial charge in [-0.3, -0.25) is 0 Å². The topological polar surface area (TPSA) is 22.0 Å². The van der Waals surface area contributed by atoms with Crippen molar-refractivity contribution in [2.75, 3.05) is 0 Å². The molecule has 2 aromatic rings. The number of aryl methyl sites for hydroxylation is 1. The van der Waals surface area contributed by atoms with Gasteiger partial charge in [-0.15, -0.1) is 0 Å². The zero-order valence-corrected chi connectivity index (χ0v) is 7.83. The number of aldehydes is 1. The van der Waals surface area contributed by atoms with Crippen molar-refractivity contribution in [3.05, 3.63) is 35.8 Å². The van der Waals surface area contributed by atoms with Crippen LogP contribution in [0.3, 0.4) is 0 Å². The van der Waals surface area contributed by atoms with Crippen molar-refractivity contribution in [1.82, 2.24) is 4.57 Å². The third-order valence-electron chi connectivity index (χ3n) is 2.36. The minimum Gasteiger partial charge on any atom is -0.338 e. The smallest absolute Gasteiger partial charge is 0.139 e. The van der Waals surface area contributed by atoms with Gasteiger partial charge in [-0.25, -0.2) is 4.39 Å². The Kier molecular flexibility index (Phi) is 2.08. The first kappa shape index (κ1) is 8.94. The molecule has 0 aliphatic rings. The second-order valence-corrected chi connectivity index (χ2v) is 3.24. The SMILES string of the molecule is Cc1cc2c(F)cccc2n1CC=O. The molecule has 0 atom stereocenters. The molecule has 1 aromatic heterocycles. The maximum absolute atomic E-state index is 13.3. The van der Waals surface area contributed by atoms with Gasteiger partial charge in [0.1, 0.15) is 12.1 Å². The van der Waals surface area contributed by atoms with Crippen LogP contribution in [-0.2, 0) is 11.3 Å². The highest BCUT2D eigenvalue weighted by Gasteiger charge is 2.07. The average molecular weight is 191 g/mol. The van der Waals surface area contributed by atoms with Crippen molar-refractivity contribution in [2.24, 2.45) is 0 Å². The van der Waals surface area contributed by atoms with Crippen LogP contribution in [0.2, 0.25) is 0 Å². The van der Waals surface area contributed by atoms with Crippen LogP contribution in [0.1, 0.15) is 5.69 Å². The first-order chi connectivity index (χ1) is 6.74. The van der Waals surface area contributed by atoms with Crippen LogP contribution in [0, 0.1) is 12.7 Å². The zero-order chi connectivity index (χ0) is 10.1. The maximum Gasteiger partial charge on any atom is 0.139 e. The van der Waals surface area contributed by atoms with E-state index >= 15 is 0 Å². The molecule has 14 heavy (non-hydrogen) atoms. The fraction of sp³-hybridized carbons (Fsp3) is 0.182. The van der Waals surface area contributed by atoms with E-state index in [4.69, 9.17) is 0 Å². The minimum atomic E-state index is -0.241. The van der Waals surface area contributed by atoms with E-state index in [0.29, 0.717) is 5.39 Å². The van der Waals surface area contributed by atoms with Gasteiger partial charge in [0.2, 0.25) is 0 Å². The molecular formula is C11H10FNO. The van der Waals surface area contributed by atoms with Gasteiger partial charge in [0, 0.05) is 11.1 Å². The molecule has 72 valence electrons. The van der Waals surface area contributed by atoms with E-state index in [-0.39, 0.29) is 12.4 Å². The van der Waals surface area contributed by atoms with Gasteiger partial charge in [-0.2, -0.15) is 0 Å². The molecule has 0 aliphatic heterocycles. The van der Waals surface area contributed by atoms with Crippen LogP contribution in [0.15, 0.2) is 24.3 Å². The Morgan fingerprint density at radius 2 is 2.29 bits per heavy atom. The molecule has 0 bridgehead atoms. The van der Waals surface area contributed by atoms with Gasteiger partial charge in [0.05, 0.1) is 12.1 Å². The van der Waals surface area contributed by atoms with Crippen molar-refractivity contribution in [1.29, 1.82) is 0 Å².